The fourth-order valence-electron chi connectivity index (χ4n) is 4.91. The van der Waals surface area contributed by atoms with Gasteiger partial charge in [0, 0.05) is 65.3 Å². The predicted molar refractivity (Wildman–Crippen MR) is 197 cm³/mol. The van der Waals surface area contributed by atoms with E-state index < -0.39 is 40.3 Å². The van der Waals surface area contributed by atoms with Gasteiger partial charge in [0.1, 0.15) is 35.5 Å². The third-order valence-electron chi connectivity index (χ3n) is 6.92. The molecular formula is C37H67N5O10. The van der Waals surface area contributed by atoms with Crippen molar-refractivity contribution in [2.45, 2.75) is 105 Å². The van der Waals surface area contributed by atoms with Gasteiger partial charge in [-0.1, -0.05) is 0 Å². The first-order chi connectivity index (χ1) is 23.7. The Kier molecular flexibility index (Phi) is 18.6. The summed E-state index contributed by atoms with van der Waals surface area (Å²) in [5.74, 6) is -2.09. The van der Waals surface area contributed by atoms with E-state index in [-0.39, 0.29) is 57.8 Å². The first-order valence-electron chi connectivity index (χ1n) is 18.0. The minimum Gasteiger partial charge on any atom is -0.459 e. The van der Waals surface area contributed by atoms with Crippen LogP contribution in [0.3, 0.4) is 0 Å². The van der Waals surface area contributed by atoms with E-state index in [1.165, 1.54) is 12.0 Å². The van der Waals surface area contributed by atoms with Crippen molar-refractivity contribution in [1.29, 1.82) is 0 Å². The monoisotopic (exact) mass is 741 g/mol. The zero-order chi connectivity index (χ0) is 39.9. The summed E-state index contributed by atoms with van der Waals surface area (Å²) in [5, 5.41) is 0. The number of nitrogens with zero attached hydrogens (tertiary/aromatic N) is 5. The molecule has 0 unspecified atom stereocenters. The van der Waals surface area contributed by atoms with Crippen molar-refractivity contribution in [3.8, 4) is 0 Å². The molecule has 52 heavy (non-hydrogen) atoms. The SMILES string of the molecule is COCCN(CC(=O)OC(C)(C)C)C(=O)CN1/C=C\N(CC(=O)OC(C)(C)C)CCN(CC(=O)OC(C)(C)C)CCN(CC(=O)OC(C)(C)C)CC1. The number of carbonyl (C=O) groups is 5. The maximum absolute atomic E-state index is 13.7. The summed E-state index contributed by atoms with van der Waals surface area (Å²) in [7, 11) is 1.52. The van der Waals surface area contributed by atoms with Gasteiger partial charge in [-0.15, -0.1) is 0 Å². The molecule has 0 aromatic heterocycles. The van der Waals surface area contributed by atoms with E-state index in [1.54, 1.807) is 84.5 Å². The second-order valence-corrected chi connectivity index (χ2v) is 16.9. The summed E-state index contributed by atoms with van der Waals surface area (Å²) in [4.78, 5) is 74.1. The minimum absolute atomic E-state index is 0.00751. The van der Waals surface area contributed by atoms with Gasteiger partial charge in [-0.3, -0.25) is 33.8 Å². The van der Waals surface area contributed by atoms with E-state index in [0.717, 1.165) is 0 Å². The molecule has 0 saturated heterocycles. The van der Waals surface area contributed by atoms with Gasteiger partial charge < -0.3 is 38.4 Å². The summed E-state index contributed by atoms with van der Waals surface area (Å²) >= 11 is 0. The Labute approximate surface area is 311 Å². The van der Waals surface area contributed by atoms with Gasteiger partial charge in [-0.2, -0.15) is 0 Å². The Morgan fingerprint density at radius 1 is 0.519 bits per heavy atom. The van der Waals surface area contributed by atoms with Gasteiger partial charge >= 0.3 is 23.9 Å². The average Bonchev–Trinajstić information content (AvgIpc) is 2.92. The van der Waals surface area contributed by atoms with Crippen LogP contribution in [0.5, 0.6) is 0 Å². The van der Waals surface area contributed by atoms with Crippen LogP contribution in [0.25, 0.3) is 0 Å². The number of methoxy groups -OCH3 is 1. The fourth-order valence-corrected chi connectivity index (χ4v) is 4.91. The topological polar surface area (TPSA) is 148 Å². The van der Waals surface area contributed by atoms with E-state index in [2.05, 4.69) is 0 Å². The lowest BCUT2D eigenvalue weighted by Crippen LogP contribution is -2.48. The highest BCUT2D eigenvalue weighted by Crippen LogP contribution is 2.12. The molecule has 0 saturated carbocycles. The molecule has 1 aliphatic heterocycles. The fraction of sp³-hybridized carbons (Fsp3) is 0.811. The van der Waals surface area contributed by atoms with Gasteiger partial charge in [-0.05, 0) is 83.1 Å². The van der Waals surface area contributed by atoms with Crippen LogP contribution in [-0.4, -0.2) is 169 Å². The van der Waals surface area contributed by atoms with Gasteiger partial charge in [-0.25, -0.2) is 0 Å². The first kappa shape index (κ1) is 46.6. The quantitative estimate of drug-likeness (QED) is 0.201. The lowest BCUT2D eigenvalue weighted by atomic mass is 10.2. The number of carbonyl (C=O) groups excluding carboxylic acids is 5. The van der Waals surface area contributed by atoms with Crippen molar-refractivity contribution >= 4 is 29.8 Å². The maximum atomic E-state index is 13.7. The summed E-state index contributed by atoms with van der Waals surface area (Å²) in [6, 6.07) is 0. The number of amides is 1. The second-order valence-electron chi connectivity index (χ2n) is 16.9. The first-order valence-corrected chi connectivity index (χ1v) is 18.0. The van der Waals surface area contributed by atoms with Crippen LogP contribution in [0.2, 0.25) is 0 Å². The standard InChI is InChI=1S/C37H67N5O10/c1-34(2,3)49-30(44)25-39-16-14-38(24-29(43)42(22-23-48-13)28-33(47)52-37(10,11)12)15-17-40(26-31(45)50-35(4,5)6)19-21-41(20-18-39)27-32(46)51-36(7,8)9/h14,16H,15,17-28H2,1-13H3/b16-14-. The second kappa shape index (κ2) is 20.7. The van der Waals surface area contributed by atoms with E-state index in [4.69, 9.17) is 23.7 Å². The minimum atomic E-state index is -0.718. The Bertz CT molecular complexity index is 1200. The van der Waals surface area contributed by atoms with Crippen LogP contribution in [0.4, 0.5) is 0 Å². The van der Waals surface area contributed by atoms with Gasteiger partial charge in [0.2, 0.25) is 5.91 Å². The van der Waals surface area contributed by atoms with E-state index in [1.807, 2.05) is 30.6 Å². The number of ether oxygens (including phenoxy) is 5. The number of hydrogen-bond donors (Lipinski definition) is 0. The molecule has 15 heteroatoms. The van der Waals surface area contributed by atoms with Crippen molar-refractivity contribution in [2.24, 2.45) is 0 Å². The molecule has 0 fully saturated rings. The Hall–Kier alpha value is -3.43. The van der Waals surface area contributed by atoms with E-state index in [9.17, 15) is 24.0 Å². The zero-order valence-corrected chi connectivity index (χ0v) is 34.2. The predicted octanol–water partition coefficient (Wildman–Crippen LogP) is 2.52. The molecule has 300 valence electrons. The van der Waals surface area contributed by atoms with Crippen LogP contribution < -0.4 is 0 Å². The summed E-state index contributed by atoms with van der Waals surface area (Å²) in [6.07, 6.45) is 3.44. The molecule has 1 rings (SSSR count). The van der Waals surface area contributed by atoms with Crippen LogP contribution in [-0.2, 0) is 47.7 Å². The molecule has 15 nitrogen and oxygen atoms in total. The number of esters is 4. The average molecular weight is 742 g/mol. The molecule has 0 radical (unpaired) electrons. The molecule has 0 aliphatic carbocycles. The molecule has 0 aromatic rings. The number of rotatable bonds is 13. The van der Waals surface area contributed by atoms with Crippen LogP contribution in [0.15, 0.2) is 12.4 Å². The van der Waals surface area contributed by atoms with Gasteiger partial charge in [0.15, 0.2) is 0 Å². The number of hydrogen-bond acceptors (Lipinski definition) is 14. The Balaban J connectivity index is 3.47. The van der Waals surface area contributed by atoms with Crippen molar-refractivity contribution in [1.82, 2.24) is 24.5 Å². The maximum Gasteiger partial charge on any atom is 0.326 e. The van der Waals surface area contributed by atoms with Crippen molar-refractivity contribution in [3.05, 3.63) is 12.4 Å². The molecule has 0 atom stereocenters. The molecule has 1 amide bonds. The Morgan fingerprint density at radius 2 is 0.865 bits per heavy atom. The zero-order valence-electron chi connectivity index (χ0n) is 34.2. The van der Waals surface area contributed by atoms with Crippen LogP contribution >= 0.6 is 0 Å². The molecule has 0 bridgehead atoms. The molecule has 1 heterocycles. The lowest BCUT2D eigenvalue weighted by Gasteiger charge is -2.33. The third-order valence-corrected chi connectivity index (χ3v) is 6.92. The molecular weight excluding hydrogens is 674 g/mol. The molecule has 0 N–H and O–H groups in total. The van der Waals surface area contributed by atoms with Gasteiger partial charge in [0.05, 0.1) is 26.2 Å². The summed E-state index contributed by atoms with van der Waals surface area (Å²) in [5.41, 5.74) is -2.74. The highest BCUT2D eigenvalue weighted by molar-refractivity contribution is 5.83. The van der Waals surface area contributed by atoms with E-state index >= 15 is 0 Å². The molecule has 1 aliphatic rings. The molecule has 0 spiro atoms. The summed E-state index contributed by atoms with van der Waals surface area (Å²) in [6.45, 7) is 23.7. The summed E-state index contributed by atoms with van der Waals surface area (Å²) < 4.78 is 27.5. The van der Waals surface area contributed by atoms with E-state index in [0.29, 0.717) is 39.3 Å². The lowest BCUT2D eigenvalue weighted by molar-refractivity contribution is -0.159. The van der Waals surface area contributed by atoms with Crippen molar-refractivity contribution < 1.29 is 47.7 Å². The largest absolute Gasteiger partial charge is 0.459 e. The van der Waals surface area contributed by atoms with Crippen LogP contribution in [0, 0.1) is 0 Å². The normalized spacial score (nSPS) is 16.6. The van der Waals surface area contributed by atoms with Crippen molar-refractivity contribution in [3.63, 3.8) is 0 Å². The smallest absolute Gasteiger partial charge is 0.326 e. The van der Waals surface area contributed by atoms with Crippen LogP contribution in [0.1, 0.15) is 83.1 Å². The highest BCUT2D eigenvalue weighted by Gasteiger charge is 2.26. The van der Waals surface area contributed by atoms with Crippen molar-refractivity contribution in [2.75, 3.05) is 92.3 Å². The van der Waals surface area contributed by atoms with Gasteiger partial charge in [0.25, 0.3) is 0 Å². The third kappa shape index (κ3) is 23.2. The Morgan fingerprint density at radius 3 is 1.25 bits per heavy atom. The highest BCUT2D eigenvalue weighted by atomic mass is 16.6. The molecule has 0 aromatic carbocycles.